The number of aryl methyl sites for hydroxylation is 2. The highest BCUT2D eigenvalue weighted by molar-refractivity contribution is 8.04. The number of benzene rings is 2. The Labute approximate surface area is 188 Å². The largest absolute Gasteiger partial charge is 0.511 e. The second kappa shape index (κ2) is 8.50. The van der Waals surface area contributed by atoms with Gasteiger partial charge < -0.3 is 20.7 Å². The normalized spacial score (nSPS) is 19.5. The topological polar surface area (TPSA) is 92.8 Å². The average molecular weight is 442 g/mol. The van der Waals surface area contributed by atoms with Crippen LogP contribution >= 0.6 is 11.8 Å². The standard InChI is InChI=1S/C25H31NO4S/c1-15-12-21(18(13-19(15)26)24(2,3)4)31-22-20(28)14-25(5,30-23(22)29)11-10-16-6-8-17(27)9-7-16/h6-9,12-13,27-28H,10-11,14,26H2,1-5H3. The number of phenols is 1. The summed E-state index contributed by atoms with van der Waals surface area (Å²) >= 11 is 1.25. The maximum absolute atomic E-state index is 12.9. The maximum atomic E-state index is 12.9. The number of anilines is 1. The van der Waals surface area contributed by atoms with Crippen molar-refractivity contribution in [3.05, 3.63) is 63.8 Å². The van der Waals surface area contributed by atoms with E-state index in [-0.39, 0.29) is 28.2 Å². The van der Waals surface area contributed by atoms with Gasteiger partial charge in [0.2, 0.25) is 0 Å². The smallest absolute Gasteiger partial charge is 0.348 e. The van der Waals surface area contributed by atoms with Gasteiger partial charge in [-0.05, 0) is 73.1 Å². The Morgan fingerprint density at radius 3 is 2.39 bits per heavy atom. The highest BCUT2D eigenvalue weighted by atomic mass is 32.2. The molecule has 1 heterocycles. The third-order valence-corrected chi connectivity index (χ3v) is 6.76. The van der Waals surface area contributed by atoms with E-state index in [1.807, 2.05) is 38.1 Å². The Hall–Kier alpha value is -2.60. The lowest BCUT2D eigenvalue weighted by Gasteiger charge is -2.34. The lowest BCUT2D eigenvalue weighted by Crippen LogP contribution is -2.37. The molecule has 0 saturated heterocycles. The van der Waals surface area contributed by atoms with Crippen LogP contribution in [0.2, 0.25) is 0 Å². The number of carbonyl (C=O) groups excluding carboxylic acids is 1. The molecule has 0 amide bonds. The predicted molar refractivity (Wildman–Crippen MR) is 125 cm³/mol. The summed E-state index contributed by atoms with van der Waals surface area (Å²) in [4.78, 5) is 14.0. The number of carbonyl (C=O) groups is 1. The number of rotatable bonds is 5. The van der Waals surface area contributed by atoms with Crippen molar-refractivity contribution in [1.82, 2.24) is 0 Å². The van der Waals surface area contributed by atoms with E-state index in [9.17, 15) is 15.0 Å². The summed E-state index contributed by atoms with van der Waals surface area (Å²) in [6, 6.07) is 10.9. The minimum Gasteiger partial charge on any atom is -0.511 e. The first-order valence-electron chi connectivity index (χ1n) is 10.4. The van der Waals surface area contributed by atoms with Crippen molar-refractivity contribution in [2.45, 2.75) is 69.8 Å². The molecule has 0 radical (unpaired) electrons. The molecule has 2 aromatic carbocycles. The number of cyclic esters (lactones) is 1. The molecule has 0 spiro atoms. The van der Waals surface area contributed by atoms with Crippen LogP contribution < -0.4 is 5.73 Å². The average Bonchev–Trinajstić information content (AvgIpc) is 2.66. The minimum absolute atomic E-state index is 0.0591. The van der Waals surface area contributed by atoms with Crippen LogP contribution in [0.25, 0.3) is 0 Å². The van der Waals surface area contributed by atoms with Crippen molar-refractivity contribution in [3.63, 3.8) is 0 Å². The molecule has 2 aromatic rings. The Morgan fingerprint density at radius 2 is 1.81 bits per heavy atom. The van der Waals surface area contributed by atoms with E-state index in [2.05, 4.69) is 20.8 Å². The molecule has 1 aliphatic rings. The van der Waals surface area contributed by atoms with Crippen LogP contribution in [0.3, 0.4) is 0 Å². The summed E-state index contributed by atoms with van der Waals surface area (Å²) in [6.07, 6.45) is 1.50. The van der Waals surface area contributed by atoms with Crippen LogP contribution in [0, 0.1) is 6.92 Å². The van der Waals surface area contributed by atoms with E-state index in [4.69, 9.17) is 10.5 Å². The molecule has 0 aliphatic carbocycles. The van der Waals surface area contributed by atoms with Crippen molar-refractivity contribution in [3.8, 4) is 5.75 Å². The van der Waals surface area contributed by atoms with Crippen LogP contribution in [-0.2, 0) is 21.4 Å². The zero-order chi connectivity index (χ0) is 23.0. The molecular weight excluding hydrogens is 410 g/mol. The molecule has 0 fully saturated rings. The Bertz CT molecular complexity index is 1020. The third kappa shape index (κ3) is 5.37. The molecule has 4 N–H and O–H groups in total. The monoisotopic (exact) mass is 441 g/mol. The van der Waals surface area contributed by atoms with E-state index < -0.39 is 11.6 Å². The van der Waals surface area contributed by atoms with E-state index in [0.717, 1.165) is 21.6 Å². The summed E-state index contributed by atoms with van der Waals surface area (Å²) < 4.78 is 5.80. The fraction of sp³-hybridized carbons (Fsp3) is 0.400. The van der Waals surface area contributed by atoms with Crippen molar-refractivity contribution >= 4 is 23.4 Å². The van der Waals surface area contributed by atoms with Crippen LogP contribution in [0.15, 0.2) is 52.0 Å². The van der Waals surface area contributed by atoms with Crippen molar-refractivity contribution in [2.24, 2.45) is 0 Å². The van der Waals surface area contributed by atoms with Crippen molar-refractivity contribution < 1.29 is 19.7 Å². The number of hydrogen-bond donors (Lipinski definition) is 3. The van der Waals surface area contributed by atoms with Gasteiger partial charge in [0.1, 0.15) is 22.0 Å². The summed E-state index contributed by atoms with van der Waals surface area (Å²) in [5, 5.41) is 20.2. The number of aromatic hydroxyl groups is 1. The number of aliphatic hydroxyl groups excluding tert-OH is 1. The van der Waals surface area contributed by atoms with Gasteiger partial charge in [0, 0.05) is 17.0 Å². The lowest BCUT2D eigenvalue weighted by atomic mass is 9.86. The maximum Gasteiger partial charge on any atom is 0.348 e. The quantitative estimate of drug-likeness (QED) is 0.402. The number of nitrogen functional groups attached to an aromatic ring is 1. The fourth-order valence-electron chi connectivity index (χ4n) is 3.65. The second-order valence-electron chi connectivity index (χ2n) is 9.52. The molecule has 31 heavy (non-hydrogen) atoms. The molecule has 0 aromatic heterocycles. The van der Waals surface area contributed by atoms with Crippen LogP contribution in [0.1, 0.15) is 57.2 Å². The molecule has 6 heteroatoms. The summed E-state index contributed by atoms with van der Waals surface area (Å²) in [6.45, 7) is 10.1. The summed E-state index contributed by atoms with van der Waals surface area (Å²) in [7, 11) is 0. The highest BCUT2D eigenvalue weighted by Crippen LogP contribution is 2.43. The van der Waals surface area contributed by atoms with Crippen LogP contribution in [0.4, 0.5) is 5.69 Å². The number of esters is 1. The Balaban J connectivity index is 1.82. The van der Waals surface area contributed by atoms with Crippen LogP contribution in [-0.4, -0.2) is 21.8 Å². The van der Waals surface area contributed by atoms with Gasteiger partial charge in [-0.1, -0.05) is 44.7 Å². The van der Waals surface area contributed by atoms with Gasteiger partial charge in [-0.2, -0.15) is 0 Å². The first-order valence-corrected chi connectivity index (χ1v) is 11.2. The van der Waals surface area contributed by atoms with Gasteiger partial charge in [-0.25, -0.2) is 4.79 Å². The molecular formula is C25H31NO4S. The number of nitrogens with two attached hydrogens (primary N) is 1. The zero-order valence-corrected chi connectivity index (χ0v) is 19.6. The Morgan fingerprint density at radius 1 is 1.16 bits per heavy atom. The van der Waals surface area contributed by atoms with Gasteiger partial charge in [-0.3, -0.25) is 0 Å². The molecule has 3 rings (SSSR count). The number of thioether (sulfide) groups is 1. The van der Waals surface area contributed by atoms with Crippen molar-refractivity contribution in [2.75, 3.05) is 5.73 Å². The summed E-state index contributed by atoms with van der Waals surface area (Å²) in [5.74, 6) is -0.228. The number of aliphatic hydroxyl groups is 1. The first-order chi connectivity index (χ1) is 14.4. The van der Waals surface area contributed by atoms with E-state index in [0.29, 0.717) is 18.5 Å². The van der Waals surface area contributed by atoms with Gasteiger partial charge in [0.05, 0.1) is 0 Å². The highest BCUT2D eigenvalue weighted by Gasteiger charge is 2.39. The van der Waals surface area contributed by atoms with Gasteiger partial charge in [0.25, 0.3) is 0 Å². The molecule has 166 valence electrons. The molecule has 0 saturated carbocycles. The van der Waals surface area contributed by atoms with Gasteiger partial charge >= 0.3 is 5.97 Å². The first kappa shape index (κ1) is 23.1. The van der Waals surface area contributed by atoms with E-state index in [1.165, 1.54) is 11.8 Å². The van der Waals surface area contributed by atoms with E-state index in [1.54, 1.807) is 12.1 Å². The fourth-order valence-corrected chi connectivity index (χ4v) is 4.89. The van der Waals surface area contributed by atoms with Gasteiger partial charge in [0.15, 0.2) is 0 Å². The molecule has 1 unspecified atom stereocenters. The number of hydrogen-bond acceptors (Lipinski definition) is 6. The number of ether oxygens (including phenoxy) is 1. The minimum atomic E-state index is -0.785. The third-order valence-electron chi connectivity index (χ3n) is 5.60. The molecule has 0 bridgehead atoms. The van der Waals surface area contributed by atoms with Gasteiger partial charge in [-0.15, -0.1) is 0 Å². The lowest BCUT2D eigenvalue weighted by molar-refractivity contribution is -0.156. The SMILES string of the molecule is Cc1cc(SC2=C(O)CC(C)(CCc3ccc(O)cc3)OC2=O)c(C(C)(C)C)cc1N. The van der Waals surface area contributed by atoms with Crippen molar-refractivity contribution in [1.29, 1.82) is 0 Å². The summed E-state index contributed by atoms with van der Waals surface area (Å²) in [5.41, 5.74) is 8.86. The predicted octanol–water partition coefficient (Wildman–Crippen LogP) is 5.78. The van der Waals surface area contributed by atoms with Crippen LogP contribution in [0.5, 0.6) is 5.75 Å². The molecule has 1 atom stereocenters. The Kier molecular flexibility index (Phi) is 6.33. The second-order valence-corrected chi connectivity index (χ2v) is 10.6. The molecule has 1 aliphatic heterocycles. The number of phenolic OH excluding ortho intramolecular Hbond substituents is 1. The van der Waals surface area contributed by atoms with E-state index >= 15 is 0 Å². The zero-order valence-electron chi connectivity index (χ0n) is 18.8. The molecule has 5 nitrogen and oxygen atoms in total.